The number of rotatable bonds is 2. The van der Waals surface area contributed by atoms with Gasteiger partial charge in [-0.15, -0.1) is 0 Å². The van der Waals surface area contributed by atoms with Crippen molar-refractivity contribution >= 4 is 17.5 Å². The molecule has 0 unspecified atom stereocenters. The van der Waals surface area contributed by atoms with Gasteiger partial charge in [0.15, 0.2) is 0 Å². The molecule has 0 fully saturated rings. The summed E-state index contributed by atoms with van der Waals surface area (Å²) >= 11 is 0. The van der Waals surface area contributed by atoms with Gasteiger partial charge in [-0.2, -0.15) is 5.10 Å². The fourth-order valence-corrected chi connectivity index (χ4v) is 1.21. The van der Waals surface area contributed by atoms with Gasteiger partial charge in [0.1, 0.15) is 5.82 Å². The fraction of sp³-hybridized carbons (Fsp3) is 0.100. The van der Waals surface area contributed by atoms with E-state index in [1.807, 2.05) is 19.1 Å². The third-order valence-electron chi connectivity index (χ3n) is 1.89. The van der Waals surface area contributed by atoms with Crippen molar-refractivity contribution in [1.82, 2.24) is 15.2 Å². The van der Waals surface area contributed by atoms with Gasteiger partial charge in [-0.25, -0.2) is 9.78 Å². The van der Waals surface area contributed by atoms with Crippen LogP contribution in [0.2, 0.25) is 0 Å². The maximum Gasteiger partial charge on any atom is 0.324 e. The highest BCUT2D eigenvalue weighted by Crippen LogP contribution is 2.06. The molecule has 2 amide bonds. The Morgan fingerprint density at radius 2 is 2.25 bits per heavy atom. The summed E-state index contributed by atoms with van der Waals surface area (Å²) in [5.41, 5.74) is 1.45. The number of aryl methyl sites for hydroxylation is 1. The number of H-pyrrole nitrogens is 1. The second-order valence-corrected chi connectivity index (χ2v) is 3.23. The summed E-state index contributed by atoms with van der Waals surface area (Å²) in [5.74, 6) is 0.515. The number of amides is 2. The number of urea groups is 1. The summed E-state index contributed by atoms with van der Waals surface area (Å²) in [6, 6.07) is 5.07. The smallest absolute Gasteiger partial charge is 0.305 e. The Morgan fingerprint density at radius 1 is 1.38 bits per heavy atom. The van der Waals surface area contributed by atoms with E-state index in [-0.39, 0.29) is 6.03 Å². The van der Waals surface area contributed by atoms with Crippen molar-refractivity contribution in [1.29, 1.82) is 0 Å². The Labute approximate surface area is 92.1 Å². The average molecular weight is 217 g/mol. The maximum atomic E-state index is 11.5. The van der Waals surface area contributed by atoms with Crippen LogP contribution in [0.3, 0.4) is 0 Å². The molecular formula is C10H11N5O. The van der Waals surface area contributed by atoms with Gasteiger partial charge in [0.25, 0.3) is 0 Å². The van der Waals surface area contributed by atoms with Crippen LogP contribution in [0, 0.1) is 6.92 Å². The molecule has 2 aromatic rings. The molecule has 2 rings (SSSR count). The standard InChI is InChI=1S/C10H11N5O/c1-7-3-2-4-9(13-7)15-10(16)14-8-5-11-12-6-8/h2-6H,1H3,(H,11,12)(H2,13,14,15,16). The van der Waals surface area contributed by atoms with E-state index in [2.05, 4.69) is 25.8 Å². The molecule has 0 aliphatic carbocycles. The van der Waals surface area contributed by atoms with Crippen molar-refractivity contribution in [2.75, 3.05) is 10.6 Å². The van der Waals surface area contributed by atoms with Crippen molar-refractivity contribution in [2.24, 2.45) is 0 Å². The average Bonchev–Trinajstić information content (AvgIpc) is 2.70. The molecule has 3 N–H and O–H groups in total. The van der Waals surface area contributed by atoms with Crippen LogP contribution in [0.15, 0.2) is 30.6 Å². The van der Waals surface area contributed by atoms with Crippen molar-refractivity contribution in [3.05, 3.63) is 36.3 Å². The molecule has 0 aliphatic rings. The second kappa shape index (κ2) is 4.43. The molecule has 16 heavy (non-hydrogen) atoms. The van der Waals surface area contributed by atoms with E-state index in [9.17, 15) is 4.79 Å². The van der Waals surface area contributed by atoms with Crippen LogP contribution in [0.4, 0.5) is 16.3 Å². The lowest BCUT2D eigenvalue weighted by atomic mass is 10.4. The van der Waals surface area contributed by atoms with E-state index in [0.717, 1.165) is 5.69 Å². The third-order valence-corrected chi connectivity index (χ3v) is 1.89. The number of nitrogens with one attached hydrogen (secondary N) is 3. The predicted octanol–water partition coefficient (Wildman–Crippen LogP) is 1.76. The topological polar surface area (TPSA) is 82.7 Å². The first-order valence-electron chi connectivity index (χ1n) is 4.74. The van der Waals surface area contributed by atoms with E-state index in [0.29, 0.717) is 11.5 Å². The Balaban J connectivity index is 1.97. The zero-order chi connectivity index (χ0) is 11.4. The number of carbonyl (C=O) groups is 1. The summed E-state index contributed by atoms with van der Waals surface area (Å²) in [6.07, 6.45) is 3.10. The minimum Gasteiger partial charge on any atom is -0.305 e. The van der Waals surface area contributed by atoms with Gasteiger partial charge in [-0.3, -0.25) is 10.4 Å². The highest BCUT2D eigenvalue weighted by Gasteiger charge is 2.03. The lowest BCUT2D eigenvalue weighted by molar-refractivity contribution is 0.262. The number of anilines is 2. The molecular weight excluding hydrogens is 206 g/mol. The quantitative estimate of drug-likeness (QED) is 0.716. The zero-order valence-corrected chi connectivity index (χ0v) is 8.69. The van der Waals surface area contributed by atoms with Crippen LogP contribution in [0.1, 0.15) is 5.69 Å². The molecule has 0 aliphatic heterocycles. The van der Waals surface area contributed by atoms with Crippen LogP contribution < -0.4 is 10.6 Å². The summed E-state index contributed by atoms with van der Waals surface area (Å²) < 4.78 is 0. The fourth-order valence-electron chi connectivity index (χ4n) is 1.21. The molecule has 2 heterocycles. The van der Waals surface area contributed by atoms with Gasteiger partial charge in [-0.05, 0) is 19.1 Å². The summed E-state index contributed by atoms with van der Waals surface area (Å²) in [5, 5.41) is 11.5. The molecule has 2 aromatic heterocycles. The van der Waals surface area contributed by atoms with E-state index >= 15 is 0 Å². The van der Waals surface area contributed by atoms with E-state index in [4.69, 9.17) is 0 Å². The maximum absolute atomic E-state index is 11.5. The number of aromatic amines is 1. The summed E-state index contributed by atoms with van der Waals surface area (Å²) in [4.78, 5) is 15.6. The molecule has 6 nitrogen and oxygen atoms in total. The highest BCUT2D eigenvalue weighted by molar-refractivity contribution is 5.98. The molecule has 0 saturated carbocycles. The molecule has 0 saturated heterocycles. The Hall–Kier alpha value is -2.37. The SMILES string of the molecule is Cc1cccc(NC(=O)Nc2cn[nH]c2)n1. The van der Waals surface area contributed by atoms with Crippen molar-refractivity contribution in [3.63, 3.8) is 0 Å². The first-order chi connectivity index (χ1) is 7.74. The van der Waals surface area contributed by atoms with Crippen molar-refractivity contribution in [3.8, 4) is 0 Å². The van der Waals surface area contributed by atoms with Crippen molar-refractivity contribution in [2.45, 2.75) is 6.92 Å². The van der Waals surface area contributed by atoms with Gasteiger partial charge < -0.3 is 5.32 Å². The lowest BCUT2D eigenvalue weighted by Gasteiger charge is -2.05. The largest absolute Gasteiger partial charge is 0.324 e. The Morgan fingerprint density at radius 3 is 2.94 bits per heavy atom. The number of hydrogen-bond acceptors (Lipinski definition) is 3. The van der Waals surface area contributed by atoms with E-state index < -0.39 is 0 Å². The normalized spacial score (nSPS) is 9.81. The Kier molecular flexibility index (Phi) is 2.81. The number of hydrogen-bond donors (Lipinski definition) is 3. The summed E-state index contributed by atoms with van der Waals surface area (Å²) in [7, 11) is 0. The van der Waals surface area contributed by atoms with Gasteiger partial charge in [0.2, 0.25) is 0 Å². The minimum absolute atomic E-state index is 0.348. The molecule has 82 valence electrons. The van der Waals surface area contributed by atoms with Crippen LogP contribution in [-0.4, -0.2) is 21.2 Å². The van der Waals surface area contributed by atoms with Crippen molar-refractivity contribution < 1.29 is 4.79 Å². The molecule has 0 aromatic carbocycles. The molecule has 0 spiro atoms. The third kappa shape index (κ3) is 2.57. The second-order valence-electron chi connectivity index (χ2n) is 3.23. The minimum atomic E-state index is -0.348. The number of carbonyl (C=O) groups excluding carboxylic acids is 1. The van der Waals surface area contributed by atoms with Gasteiger partial charge in [0, 0.05) is 11.9 Å². The highest BCUT2D eigenvalue weighted by atomic mass is 16.2. The van der Waals surface area contributed by atoms with Crippen LogP contribution in [0.5, 0.6) is 0 Å². The van der Waals surface area contributed by atoms with Crippen LogP contribution in [-0.2, 0) is 0 Å². The van der Waals surface area contributed by atoms with Gasteiger partial charge in [0.05, 0.1) is 11.9 Å². The first kappa shape index (κ1) is 10.2. The van der Waals surface area contributed by atoms with Gasteiger partial charge >= 0.3 is 6.03 Å². The Bertz CT molecular complexity index is 480. The molecule has 0 bridgehead atoms. The monoisotopic (exact) mass is 217 g/mol. The molecule has 6 heteroatoms. The zero-order valence-electron chi connectivity index (χ0n) is 8.69. The lowest BCUT2D eigenvalue weighted by Crippen LogP contribution is -2.19. The van der Waals surface area contributed by atoms with E-state index in [1.165, 1.54) is 6.20 Å². The molecule has 0 atom stereocenters. The van der Waals surface area contributed by atoms with E-state index in [1.54, 1.807) is 12.3 Å². The predicted molar refractivity (Wildman–Crippen MR) is 60.2 cm³/mol. The summed E-state index contributed by atoms with van der Waals surface area (Å²) in [6.45, 7) is 1.86. The molecule has 0 radical (unpaired) electrons. The number of nitrogens with zero attached hydrogens (tertiary/aromatic N) is 2. The van der Waals surface area contributed by atoms with Gasteiger partial charge in [-0.1, -0.05) is 6.07 Å². The number of aromatic nitrogens is 3. The number of pyridine rings is 1. The van der Waals surface area contributed by atoms with Crippen LogP contribution in [0.25, 0.3) is 0 Å². The van der Waals surface area contributed by atoms with Crippen LogP contribution >= 0.6 is 0 Å². The first-order valence-corrected chi connectivity index (χ1v) is 4.74.